The molecule has 5 heteroatoms. The smallest absolute Gasteiger partial charge is 0.303 e. The number of hydrogen-bond acceptors (Lipinski definition) is 5. The molecule has 0 N–H and O–H groups in total. The van der Waals surface area contributed by atoms with E-state index in [1.807, 2.05) is 0 Å². The predicted molar refractivity (Wildman–Crippen MR) is 77.6 cm³/mol. The Bertz CT molecular complexity index is 411. The monoisotopic (exact) mass is 296 g/mol. The Labute approximate surface area is 125 Å². The van der Waals surface area contributed by atoms with Crippen LogP contribution in [0.1, 0.15) is 58.8 Å². The minimum atomic E-state index is -0.367. The van der Waals surface area contributed by atoms with E-state index < -0.39 is 0 Å². The Morgan fingerprint density at radius 1 is 1.10 bits per heavy atom. The maximum absolute atomic E-state index is 11.7. The summed E-state index contributed by atoms with van der Waals surface area (Å²) in [6.45, 7) is 3.25. The Balaban J connectivity index is 2.08. The summed E-state index contributed by atoms with van der Waals surface area (Å²) >= 11 is 0. The molecule has 21 heavy (non-hydrogen) atoms. The lowest BCUT2D eigenvalue weighted by molar-refractivity contribution is -0.144. The van der Waals surface area contributed by atoms with E-state index in [9.17, 15) is 14.4 Å². The third-order valence-corrected chi connectivity index (χ3v) is 3.34. The van der Waals surface area contributed by atoms with E-state index in [1.165, 1.54) is 13.8 Å². The number of carbonyl (C=O) groups excluding carboxylic acids is 3. The lowest BCUT2D eigenvalue weighted by Crippen LogP contribution is -2.12. The minimum absolute atomic E-state index is 0.0936. The molecule has 0 aromatic rings. The average molecular weight is 296 g/mol. The summed E-state index contributed by atoms with van der Waals surface area (Å²) in [5, 5.41) is 0. The second-order valence-corrected chi connectivity index (χ2v) is 5.32. The molecular formula is C16H24O5. The Hall–Kier alpha value is -1.65. The number of Topliss-reactive ketones (excluding diaryl/α,β-unsaturated/α-hetero) is 1. The van der Waals surface area contributed by atoms with Gasteiger partial charge in [0.1, 0.15) is 6.10 Å². The van der Waals surface area contributed by atoms with Crippen LogP contribution in [-0.2, 0) is 23.9 Å². The second-order valence-electron chi connectivity index (χ2n) is 5.32. The molecule has 1 atom stereocenters. The number of ether oxygens (including phenoxy) is 2. The molecule has 1 aliphatic rings. The molecule has 0 heterocycles. The number of carbonyl (C=O) groups is 3. The van der Waals surface area contributed by atoms with Gasteiger partial charge in [0.05, 0.1) is 13.0 Å². The average Bonchev–Trinajstić information content (AvgIpc) is 2.71. The van der Waals surface area contributed by atoms with Crippen molar-refractivity contribution in [1.82, 2.24) is 0 Å². The van der Waals surface area contributed by atoms with Crippen molar-refractivity contribution < 1.29 is 23.9 Å². The molecule has 0 aromatic heterocycles. The van der Waals surface area contributed by atoms with Gasteiger partial charge in [-0.25, -0.2) is 0 Å². The molecule has 0 amide bonds. The van der Waals surface area contributed by atoms with Crippen LogP contribution in [0, 0.1) is 0 Å². The number of allylic oxidation sites excluding steroid dienone is 1. The summed E-state index contributed by atoms with van der Waals surface area (Å²) in [4.78, 5) is 33.1. The van der Waals surface area contributed by atoms with Crippen LogP contribution in [0.3, 0.4) is 0 Å². The van der Waals surface area contributed by atoms with Gasteiger partial charge in [-0.2, -0.15) is 0 Å². The first-order chi connectivity index (χ1) is 9.99. The van der Waals surface area contributed by atoms with Crippen LogP contribution in [0.4, 0.5) is 0 Å². The van der Waals surface area contributed by atoms with Crippen molar-refractivity contribution in [1.29, 1.82) is 0 Å². The van der Waals surface area contributed by atoms with E-state index in [0.29, 0.717) is 6.61 Å². The van der Waals surface area contributed by atoms with Crippen molar-refractivity contribution in [2.24, 2.45) is 0 Å². The van der Waals surface area contributed by atoms with Crippen molar-refractivity contribution >= 4 is 17.7 Å². The van der Waals surface area contributed by atoms with E-state index in [0.717, 1.165) is 44.1 Å². The summed E-state index contributed by atoms with van der Waals surface area (Å²) < 4.78 is 9.88. The Morgan fingerprint density at radius 3 is 2.43 bits per heavy atom. The zero-order valence-corrected chi connectivity index (χ0v) is 12.9. The SMILES string of the molecule is CC(=O)OCCCCCCCC1=CC(OC(C)=O)CC1=O. The van der Waals surface area contributed by atoms with Crippen molar-refractivity contribution in [3.05, 3.63) is 11.6 Å². The second kappa shape index (κ2) is 9.32. The summed E-state index contributed by atoms with van der Waals surface area (Å²) in [5.41, 5.74) is 0.793. The number of esters is 2. The van der Waals surface area contributed by atoms with Gasteiger partial charge in [0.25, 0.3) is 0 Å². The zero-order chi connectivity index (χ0) is 15.7. The molecule has 1 unspecified atom stereocenters. The molecule has 0 aromatic carbocycles. The van der Waals surface area contributed by atoms with Gasteiger partial charge in [-0.1, -0.05) is 19.3 Å². The molecule has 1 aliphatic carbocycles. The van der Waals surface area contributed by atoms with E-state index in [1.54, 1.807) is 6.08 Å². The first kappa shape index (κ1) is 17.4. The van der Waals surface area contributed by atoms with E-state index in [-0.39, 0.29) is 30.2 Å². The lowest BCUT2D eigenvalue weighted by atomic mass is 10.0. The molecule has 0 fully saturated rings. The molecule has 118 valence electrons. The Morgan fingerprint density at radius 2 is 1.76 bits per heavy atom. The van der Waals surface area contributed by atoms with Gasteiger partial charge in [0.2, 0.25) is 0 Å². The number of rotatable bonds is 9. The van der Waals surface area contributed by atoms with Gasteiger partial charge < -0.3 is 9.47 Å². The van der Waals surface area contributed by atoms with Crippen molar-refractivity contribution in [2.75, 3.05) is 6.61 Å². The number of ketones is 1. The van der Waals surface area contributed by atoms with Gasteiger partial charge in [0.15, 0.2) is 5.78 Å². The molecule has 1 rings (SSSR count). The van der Waals surface area contributed by atoms with Gasteiger partial charge in [-0.05, 0) is 30.9 Å². The molecule has 0 spiro atoms. The van der Waals surface area contributed by atoms with Crippen molar-refractivity contribution in [3.63, 3.8) is 0 Å². The van der Waals surface area contributed by atoms with Gasteiger partial charge in [-0.15, -0.1) is 0 Å². The normalized spacial score (nSPS) is 17.5. The largest absolute Gasteiger partial charge is 0.466 e. The van der Waals surface area contributed by atoms with Gasteiger partial charge >= 0.3 is 11.9 Å². The Kier molecular flexibility index (Phi) is 7.72. The third-order valence-electron chi connectivity index (χ3n) is 3.34. The third kappa shape index (κ3) is 7.63. The highest BCUT2D eigenvalue weighted by Crippen LogP contribution is 2.22. The van der Waals surface area contributed by atoms with Crippen LogP contribution >= 0.6 is 0 Å². The lowest BCUT2D eigenvalue weighted by Gasteiger charge is -2.05. The van der Waals surface area contributed by atoms with Crippen LogP contribution in [0.2, 0.25) is 0 Å². The maximum Gasteiger partial charge on any atom is 0.303 e. The quantitative estimate of drug-likeness (QED) is 0.483. The molecule has 0 bridgehead atoms. The topological polar surface area (TPSA) is 69.7 Å². The van der Waals surface area contributed by atoms with Crippen molar-refractivity contribution in [3.8, 4) is 0 Å². The maximum atomic E-state index is 11.7. The summed E-state index contributed by atoms with van der Waals surface area (Å²) in [5.74, 6) is -0.488. The van der Waals surface area contributed by atoms with Crippen LogP contribution in [0.25, 0.3) is 0 Å². The zero-order valence-electron chi connectivity index (χ0n) is 12.9. The van der Waals surface area contributed by atoms with E-state index in [4.69, 9.17) is 9.47 Å². The highest BCUT2D eigenvalue weighted by Gasteiger charge is 2.25. The van der Waals surface area contributed by atoms with Crippen LogP contribution in [0.15, 0.2) is 11.6 Å². The van der Waals surface area contributed by atoms with Gasteiger partial charge in [-0.3, -0.25) is 14.4 Å². The summed E-state index contributed by atoms with van der Waals surface area (Å²) in [6, 6.07) is 0. The fraction of sp³-hybridized carbons (Fsp3) is 0.688. The first-order valence-electron chi connectivity index (χ1n) is 7.53. The molecule has 5 nitrogen and oxygen atoms in total. The predicted octanol–water partition coefficient (Wildman–Crippen LogP) is 2.72. The highest BCUT2D eigenvalue weighted by atomic mass is 16.5. The fourth-order valence-electron chi connectivity index (χ4n) is 2.37. The first-order valence-corrected chi connectivity index (χ1v) is 7.53. The fourth-order valence-corrected chi connectivity index (χ4v) is 2.37. The van der Waals surface area contributed by atoms with E-state index >= 15 is 0 Å². The standard InChI is InChI=1S/C16H24O5/c1-12(17)20-9-7-5-3-4-6-8-14-10-15(11-16(14)19)21-13(2)18/h10,15H,3-9,11H2,1-2H3. The molecular weight excluding hydrogens is 272 g/mol. The van der Waals surface area contributed by atoms with Crippen LogP contribution < -0.4 is 0 Å². The van der Waals surface area contributed by atoms with E-state index in [2.05, 4.69) is 0 Å². The summed E-state index contributed by atoms with van der Waals surface area (Å²) in [6.07, 6.45) is 7.43. The highest BCUT2D eigenvalue weighted by molar-refractivity contribution is 5.98. The number of unbranched alkanes of at least 4 members (excludes halogenated alkanes) is 4. The van der Waals surface area contributed by atoms with Crippen molar-refractivity contribution in [2.45, 2.75) is 64.9 Å². The van der Waals surface area contributed by atoms with Crippen LogP contribution in [0.5, 0.6) is 0 Å². The van der Waals surface area contributed by atoms with Crippen LogP contribution in [-0.4, -0.2) is 30.4 Å². The number of hydrogen-bond donors (Lipinski definition) is 0. The molecule has 0 saturated heterocycles. The summed E-state index contributed by atoms with van der Waals surface area (Å²) in [7, 11) is 0. The molecule has 0 radical (unpaired) electrons. The molecule has 0 aliphatic heterocycles. The molecule has 0 saturated carbocycles. The van der Waals surface area contributed by atoms with Gasteiger partial charge in [0, 0.05) is 13.8 Å². The minimum Gasteiger partial charge on any atom is -0.466 e.